The van der Waals surface area contributed by atoms with Crippen molar-refractivity contribution in [1.29, 1.82) is 0 Å². The highest BCUT2D eigenvalue weighted by Gasteiger charge is 2.34. The number of aryl methyl sites for hydroxylation is 1. The molecule has 0 spiro atoms. The summed E-state index contributed by atoms with van der Waals surface area (Å²) in [5.41, 5.74) is 3.78. The van der Waals surface area contributed by atoms with Crippen molar-refractivity contribution >= 4 is 11.9 Å². The van der Waals surface area contributed by atoms with Gasteiger partial charge in [-0.25, -0.2) is 4.68 Å². The predicted molar refractivity (Wildman–Crippen MR) is 84.2 cm³/mol. The van der Waals surface area contributed by atoms with E-state index in [0.29, 0.717) is 6.54 Å². The van der Waals surface area contributed by atoms with Gasteiger partial charge < -0.3 is 10.0 Å². The molecule has 1 saturated heterocycles. The van der Waals surface area contributed by atoms with E-state index in [0.717, 1.165) is 22.6 Å². The van der Waals surface area contributed by atoms with Gasteiger partial charge in [0, 0.05) is 30.8 Å². The number of para-hydroxylation sites is 1. The summed E-state index contributed by atoms with van der Waals surface area (Å²) in [6, 6.07) is 9.81. The topological polar surface area (TPSA) is 75.4 Å². The second-order valence-electron chi connectivity index (χ2n) is 5.91. The number of carbonyl (C=O) groups excluding carboxylic acids is 1. The molecule has 0 radical (unpaired) electrons. The van der Waals surface area contributed by atoms with Crippen molar-refractivity contribution in [3.8, 4) is 5.69 Å². The zero-order valence-corrected chi connectivity index (χ0v) is 13.2. The second-order valence-corrected chi connectivity index (χ2v) is 5.91. The van der Waals surface area contributed by atoms with Crippen molar-refractivity contribution in [2.24, 2.45) is 5.92 Å². The van der Waals surface area contributed by atoms with Crippen LogP contribution in [-0.2, 0) is 16.1 Å². The molecule has 120 valence electrons. The monoisotopic (exact) mass is 313 g/mol. The van der Waals surface area contributed by atoms with Crippen LogP contribution in [0, 0.1) is 19.8 Å². The first-order valence-electron chi connectivity index (χ1n) is 7.58. The van der Waals surface area contributed by atoms with Gasteiger partial charge in [-0.3, -0.25) is 9.59 Å². The first-order chi connectivity index (χ1) is 11.0. The lowest BCUT2D eigenvalue weighted by atomic mass is 10.1. The minimum absolute atomic E-state index is 0.0836. The molecule has 1 unspecified atom stereocenters. The number of hydrogen-bond acceptors (Lipinski definition) is 3. The summed E-state index contributed by atoms with van der Waals surface area (Å²) in [6.07, 6.45) is 0.0836. The van der Waals surface area contributed by atoms with Crippen molar-refractivity contribution in [1.82, 2.24) is 14.7 Å². The van der Waals surface area contributed by atoms with Gasteiger partial charge in [0.15, 0.2) is 0 Å². The molecular weight excluding hydrogens is 294 g/mol. The Morgan fingerprint density at radius 3 is 2.61 bits per heavy atom. The summed E-state index contributed by atoms with van der Waals surface area (Å²) in [7, 11) is 0. The Bertz CT molecular complexity index is 752. The summed E-state index contributed by atoms with van der Waals surface area (Å²) < 4.78 is 1.86. The molecule has 6 nitrogen and oxygen atoms in total. The molecule has 1 N–H and O–H groups in total. The van der Waals surface area contributed by atoms with Gasteiger partial charge >= 0.3 is 5.97 Å². The Kier molecular flexibility index (Phi) is 3.90. The minimum Gasteiger partial charge on any atom is -0.481 e. The Labute approximate surface area is 134 Å². The molecule has 1 amide bonds. The van der Waals surface area contributed by atoms with Crippen LogP contribution < -0.4 is 0 Å². The highest BCUT2D eigenvalue weighted by Crippen LogP contribution is 2.24. The van der Waals surface area contributed by atoms with Crippen LogP contribution in [0.3, 0.4) is 0 Å². The van der Waals surface area contributed by atoms with Gasteiger partial charge in [0.1, 0.15) is 0 Å². The van der Waals surface area contributed by atoms with Crippen LogP contribution in [0.5, 0.6) is 0 Å². The standard InChI is InChI=1S/C17H19N3O3/c1-11-15(10-19-9-13(17(22)23)8-16(19)21)12(2)20(18-11)14-6-4-3-5-7-14/h3-7,13H,8-10H2,1-2H3,(H,22,23). The molecule has 3 rings (SSSR count). The summed E-state index contributed by atoms with van der Waals surface area (Å²) >= 11 is 0. The number of hydrogen-bond donors (Lipinski definition) is 1. The van der Waals surface area contributed by atoms with Gasteiger partial charge in [0.25, 0.3) is 0 Å². The third-order valence-corrected chi connectivity index (χ3v) is 4.35. The fourth-order valence-electron chi connectivity index (χ4n) is 3.01. The Balaban J connectivity index is 1.86. The molecule has 1 aliphatic heterocycles. The van der Waals surface area contributed by atoms with E-state index >= 15 is 0 Å². The lowest BCUT2D eigenvalue weighted by Gasteiger charge is -2.16. The van der Waals surface area contributed by atoms with Crippen LogP contribution in [0.2, 0.25) is 0 Å². The van der Waals surface area contributed by atoms with Crippen molar-refractivity contribution in [3.05, 3.63) is 47.3 Å². The Hall–Kier alpha value is -2.63. The Morgan fingerprint density at radius 1 is 1.30 bits per heavy atom. The predicted octanol–water partition coefficient (Wildman–Crippen LogP) is 1.92. The quantitative estimate of drug-likeness (QED) is 0.935. The van der Waals surface area contributed by atoms with E-state index in [-0.39, 0.29) is 18.9 Å². The molecule has 0 saturated carbocycles. The Morgan fingerprint density at radius 2 is 2.00 bits per heavy atom. The third kappa shape index (κ3) is 2.84. The van der Waals surface area contributed by atoms with Crippen molar-refractivity contribution in [2.45, 2.75) is 26.8 Å². The molecule has 1 aliphatic rings. The average molecular weight is 313 g/mol. The number of rotatable bonds is 4. The first kappa shape index (κ1) is 15.3. The molecule has 1 aromatic heterocycles. The molecular formula is C17H19N3O3. The van der Waals surface area contributed by atoms with E-state index in [9.17, 15) is 9.59 Å². The first-order valence-corrected chi connectivity index (χ1v) is 7.58. The van der Waals surface area contributed by atoms with Gasteiger partial charge in [-0.15, -0.1) is 0 Å². The van der Waals surface area contributed by atoms with Crippen LogP contribution in [0.15, 0.2) is 30.3 Å². The molecule has 2 aromatic rings. The van der Waals surface area contributed by atoms with E-state index in [1.807, 2.05) is 48.9 Å². The third-order valence-electron chi connectivity index (χ3n) is 4.35. The maximum absolute atomic E-state index is 12.0. The fourth-order valence-corrected chi connectivity index (χ4v) is 3.01. The second kappa shape index (κ2) is 5.87. The number of aromatic nitrogens is 2. The van der Waals surface area contributed by atoms with Crippen molar-refractivity contribution in [2.75, 3.05) is 6.54 Å². The van der Waals surface area contributed by atoms with Gasteiger partial charge in [-0.05, 0) is 26.0 Å². The number of carboxylic acid groups (broad SMARTS) is 1. The van der Waals surface area contributed by atoms with Crippen LogP contribution in [-0.4, -0.2) is 38.2 Å². The zero-order valence-electron chi connectivity index (χ0n) is 13.2. The van der Waals surface area contributed by atoms with Crippen molar-refractivity contribution in [3.63, 3.8) is 0 Å². The van der Waals surface area contributed by atoms with Crippen LogP contribution in [0.1, 0.15) is 23.4 Å². The number of carbonyl (C=O) groups is 2. The maximum atomic E-state index is 12.0. The lowest BCUT2D eigenvalue weighted by Crippen LogP contribution is -2.26. The van der Waals surface area contributed by atoms with Gasteiger partial charge in [0.05, 0.1) is 17.3 Å². The van der Waals surface area contributed by atoms with E-state index in [4.69, 9.17) is 5.11 Å². The number of carboxylic acids is 1. The number of amides is 1. The molecule has 1 aromatic carbocycles. The molecule has 6 heteroatoms. The summed E-state index contributed by atoms with van der Waals surface area (Å²) in [5.74, 6) is -1.62. The molecule has 0 bridgehead atoms. The fraction of sp³-hybridized carbons (Fsp3) is 0.353. The molecule has 2 heterocycles. The van der Waals surface area contributed by atoms with Gasteiger partial charge in [-0.1, -0.05) is 18.2 Å². The highest BCUT2D eigenvalue weighted by atomic mass is 16.4. The number of benzene rings is 1. The normalized spacial score (nSPS) is 17.7. The maximum Gasteiger partial charge on any atom is 0.308 e. The molecule has 0 aliphatic carbocycles. The minimum atomic E-state index is -0.908. The molecule has 23 heavy (non-hydrogen) atoms. The molecule has 1 atom stereocenters. The smallest absolute Gasteiger partial charge is 0.308 e. The zero-order chi connectivity index (χ0) is 16.6. The van der Waals surface area contributed by atoms with E-state index in [2.05, 4.69) is 5.10 Å². The largest absolute Gasteiger partial charge is 0.481 e. The van der Waals surface area contributed by atoms with E-state index in [1.165, 1.54) is 0 Å². The SMILES string of the molecule is Cc1nn(-c2ccccc2)c(C)c1CN1CC(C(=O)O)CC1=O. The van der Waals surface area contributed by atoms with Crippen molar-refractivity contribution < 1.29 is 14.7 Å². The van der Waals surface area contributed by atoms with Gasteiger partial charge in [-0.2, -0.15) is 5.10 Å². The number of likely N-dealkylation sites (tertiary alicyclic amines) is 1. The lowest BCUT2D eigenvalue weighted by molar-refractivity contribution is -0.141. The molecule has 1 fully saturated rings. The summed E-state index contributed by atoms with van der Waals surface area (Å²) in [6.45, 7) is 4.56. The summed E-state index contributed by atoms with van der Waals surface area (Å²) in [5, 5.41) is 13.6. The number of nitrogens with zero attached hydrogens (tertiary/aromatic N) is 3. The van der Waals surface area contributed by atoms with Gasteiger partial charge in [0.2, 0.25) is 5.91 Å². The average Bonchev–Trinajstić information content (AvgIpc) is 3.03. The van der Waals surface area contributed by atoms with E-state index in [1.54, 1.807) is 4.90 Å². The van der Waals surface area contributed by atoms with Crippen LogP contribution in [0.25, 0.3) is 5.69 Å². The van der Waals surface area contributed by atoms with E-state index < -0.39 is 11.9 Å². The highest BCUT2D eigenvalue weighted by molar-refractivity contribution is 5.86. The van der Waals surface area contributed by atoms with Crippen LogP contribution in [0.4, 0.5) is 0 Å². The van der Waals surface area contributed by atoms with Crippen LogP contribution >= 0.6 is 0 Å². The summed E-state index contributed by atoms with van der Waals surface area (Å²) in [4.78, 5) is 24.7. The number of aliphatic carboxylic acids is 1.